The molecule has 2 aromatic heterocycles. The smallest absolute Gasteiger partial charge is 0.179 e. The SMILES string of the molecule is CC(C)(C)Sc1cnc2cccnc2n1. The summed E-state index contributed by atoms with van der Waals surface area (Å²) in [4.78, 5) is 13.0. The first kappa shape index (κ1) is 10.4. The Hall–Kier alpha value is -1.16. The van der Waals surface area contributed by atoms with Gasteiger partial charge in [0.25, 0.3) is 0 Å². The van der Waals surface area contributed by atoms with Crippen LogP contribution in [-0.2, 0) is 0 Å². The van der Waals surface area contributed by atoms with E-state index in [0.717, 1.165) is 10.5 Å². The molecule has 0 aliphatic carbocycles. The fourth-order valence-electron chi connectivity index (χ4n) is 1.20. The molecule has 2 rings (SSSR count). The van der Waals surface area contributed by atoms with E-state index in [0.29, 0.717) is 5.65 Å². The van der Waals surface area contributed by atoms with Gasteiger partial charge in [0, 0.05) is 10.9 Å². The van der Waals surface area contributed by atoms with Crippen LogP contribution in [-0.4, -0.2) is 19.7 Å². The quantitative estimate of drug-likeness (QED) is 0.691. The summed E-state index contributed by atoms with van der Waals surface area (Å²) in [6.45, 7) is 6.46. The lowest BCUT2D eigenvalue weighted by Gasteiger charge is -2.16. The summed E-state index contributed by atoms with van der Waals surface area (Å²) < 4.78 is 0.150. The molecule has 0 N–H and O–H groups in total. The van der Waals surface area contributed by atoms with E-state index >= 15 is 0 Å². The minimum atomic E-state index is 0.150. The van der Waals surface area contributed by atoms with Gasteiger partial charge < -0.3 is 0 Å². The largest absolute Gasteiger partial charge is 0.250 e. The van der Waals surface area contributed by atoms with Crippen LogP contribution in [0.2, 0.25) is 0 Å². The molecule has 4 heteroatoms. The van der Waals surface area contributed by atoms with E-state index in [1.165, 1.54) is 0 Å². The molecule has 78 valence electrons. The first-order valence-electron chi connectivity index (χ1n) is 4.81. The second-order valence-corrected chi connectivity index (χ2v) is 6.12. The maximum absolute atomic E-state index is 4.45. The number of aromatic nitrogens is 3. The van der Waals surface area contributed by atoms with Gasteiger partial charge in [-0.2, -0.15) is 0 Å². The molecule has 15 heavy (non-hydrogen) atoms. The molecule has 0 amide bonds. The van der Waals surface area contributed by atoms with Gasteiger partial charge in [-0.3, -0.25) is 4.98 Å². The van der Waals surface area contributed by atoms with Crippen LogP contribution >= 0.6 is 11.8 Å². The number of hydrogen-bond acceptors (Lipinski definition) is 4. The molecule has 2 heterocycles. The van der Waals surface area contributed by atoms with Crippen molar-refractivity contribution in [1.29, 1.82) is 0 Å². The van der Waals surface area contributed by atoms with Gasteiger partial charge in [0.05, 0.1) is 6.20 Å². The zero-order valence-electron chi connectivity index (χ0n) is 9.06. The molecule has 0 saturated heterocycles. The van der Waals surface area contributed by atoms with E-state index in [1.807, 2.05) is 12.1 Å². The minimum absolute atomic E-state index is 0.150. The maximum atomic E-state index is 4.45. The number of rotatable bonds is 1. The first-order valence-corrected chi connectivity index (χ1v) is 5.63. The van der Waals surface area contributed by atoms with Crippen LogP contribution in [0.3, 0.4) is 0 Å². The number of fused-ring (bicyclic) bond motifs is 1. The molecule has 0 aliphatic rings. The second kappa shape index (κ2) is 3.77. The summed E-state index contributed by atoms with van der Waals surface area (Å²) >= 11 is 1.70. The third-order valence-electron chi connectivity index (χ3n) is 1.71. The average Bonchev–Trinajstić information content (AvgIpc) is 2.15. The first-order chi connectivity index (χ1) is 7.04. The van der Waals surface area contributed by atoms with Crippen molar-refractivity contribution in [3.05, 3.63) is 24.5 Å². The molecule has 0 spiro atoms. The van der Waals surface area contributed by atoms with E-state index in [4.69, 9.17) is 0 Å². The normalized spacial score (nSPS) is 11.9. The molecule has 0 radical (unpaired) electrons. The van der Waals surface area contributed by atoms with Crippen LogP contribution in [0.5, 0.6) is 0 Å². The molecule has 0 fully saturated rings. The van der Waals surface area contributed by atoms with Gasteiger partial charge in [-0.15, -0.1) is 0 Å². The lowest BCUT2D eigenvalue weighted by molar-refractivity contribution is 0.799. The molecule has 0 aliphatic heterocycles. The Morgan fingerprint density at radius 1 is 1.20 bits per heavy atom. The molecule has 3 nitrogen and oxygen atoms in total. The van der Waals surface area contributed by atoms with Crippen molar-refractivity contribution in [1.82, 2.24) is 15.0 Å². The zero-order valence-corrected chi connectivity index (χ0v) is 9.88. The van der Waals surface area contributed by atoms with E-state index in [2.05, 4.69) is 35.7 Å². The van der Waals surface area contributed by atoms with E-state index in [-0.39, 0.29) is 4.75 Å². The predicted molar refractivity (Wildman–Crippen MR) is 62.9 cm³/mol. The van der Waals surface area contributed by atoms with Gasteiger partial charge in [0.1, 0.15) is 10.5 Å². The van der Waals surface area contributed by atoms with Gasteiger partial charge in [-0.05, 0) is 12.1 Å². The van der Waals surface area contributed by atoms with E-state index in [1.54, 1.807) is 24.2 Å². The van der Waals surface area contributed by atoms with Crippen molar-refractivity contribution in [3.8, 4) is 0 Å². The van der Waals surface area contributed by atoms with Crippen LogP contribution in [0.1, 0.15) is 20.8 Å². The summed E-state index contributed by atoms with van der Waals surface area (Å²) in [7, 11) is 0. The fourth-order valence-corrected chi connectivity index (χ4v) is 2.06. The molecule has 0 bridgehead atoms. The van der Waals surface area contributed by atoms with Crippen molar-refractivity contribution in [2.75, 3.05) is 0 Å². The highest BCUT2D eigenvalue weighted by atomic mass is 32.2. The van der Waals surface area contributed by atoms with Gasteiger partial charge in [0.15, 0.2) is 5.65 Å². The van der Waals surface area contributed by atoms with Gasteiger partial charge in [0.2, 0.25) is 0 Å². The Balaban J connectivity index is 2.39. The second-order valence-electron chi connectivity index (χ2n) is 4.27. The van der Waals surface area contributed by atoms with E-state index < -0.39 is 0 Å². The van der Waals surface area contributed by atoms with Gasteiger partial charge in [-0.1, -0.05) is 32.5 Å². The Labute approximate surface area is 93.4 Å². The summed E-state index contributed by atoms with van der Waals surface area (Å²) in [5.41, 5.74) is 1.56. The van der Waals surface area contributed by atoms with E-state index in [9.17, 15) is 0 Å². The average molecular weight is 219 g/mol. The highest BCUT2D eigenvalue weighted by Crippen LogP contribution is 2.30. The molecule has 0 atom stereocenters. The van der Waals surface area contributed by atoms with Crippen molar-refractivity contribution >= 4 is 22.9 Å². The van der Waals surface area contributed by atoms with Gasteiger partial charge in [-0.25, -0.2) is 9.97 Å². The third kappa shape index (κ3) is 2.65. The van der Waals surface area contributed by atoms with Crippen molar-refractivity contribution in [2.24, 2.45) is 0 Å². The van der Waals surface area contributed by atoms with Crippen LogP contribution < -0.4 is 0 Å². The fraction of sp³-hybridized carbons (Fsp3) is 0.364. The van der Waals surface area contributed by atoms with Crippen LogP contribution in [0, 0.1) is 0 Å². The molecule has 0 aromatic carbocycles. The summed E-state index contributed by atoms with van der Waals surface area (Å²) in [6.07, 6.45) is 3.54. The number of pyridine rings is 1. The molecule has 0 saturated carbocycles. The summed E-state index contributed by atoms with van der Waals surface area (Å²) in [5, 5.41) is 0.925. The van der Waals surface area contributed by atoms with Crippen molar-refractivity contribution in [3.63, 3.8) is 0 Å². The monoisotopic (exact) mass is 219 g/mol. The highest BCUT2D eigenvalue weighted by molar-refractivity contribution is 8.00. The zero-order chi connectivity index (χ0) is 10.9. The van der Waals surface area contributed by atoms with Crippen LogP contribution in [0.25, 0.3) is 11.2 Å². The molecule has 0 unspecified atom stereocenters. The lowest BCUT2D eigenvalue weighted by Crippen LogP contribution is -2.07. The maximum Gasteiger partial charge on any atom is 0.179 e. The minimum Gasteiger partial charge on any atom is -0.250 e. The molecular formula is C11H13N3S. The van der Waals surface area contributed by atoms with Gasteiger partial charge >= 0.3 is 0 Å². The summed E-state index contributed by atoms with van der Waals surface area (Å²) in [5.74, 6) is 0. The standard InChI is InChI=1S/C11H13N3S/c1-11(2,3)15-9-7-13-8-5-4-6-12-10(8)14-9/h4-7H,1-3H3. The number of hydrogen-bond donors (Lipinski definition) is 0. The lowest BCUT2D eigenvalue weighted by atomic mass is 10.3. The highest BCUT2D eigenvalue weighted by Gasteiger charge is 2.13. The van der Waals surface area contributed by atoms with Crippen LogP contribution in [0.15, 0.2) is 29.6 Å². The third-order valence-corrected chi connectivity index (χ3v) is 2.73. The number of thioether (sulfide) groups is 1. The number of nitrogens with zero attached hydrogens (tertiary/aromatic N) is 3. The Bertz CT molecular complexity index is 476. The Morgan fingerprint density at radius 2 is 2.00 bits per heavy atom. The topological polar surface area (TPSA) is 38.7 Å². The van der Waals surface area contributed by atoms with Crippen LogP contribution in [0.4, 0.5) is 0 Å². The Morgan fingerprint density at radius 3 is 2.73 bits per heavy atom. The molecule has 2 aromatic rings. The van der Waals surface area contributed by atoms with Crippen molar-refractivity contribution in [2.45, 2.75) is 30.5 Å². The van der Waals surface area contributed by atoms with Crippen molar-refractivity contribution < 1.29 is 0 Å². The predicted octanol–water partition coefficient (Wildman–Crippen LogP) is 2.92. The Kier molecular flexibility index (Phi) is 2.61. The summed E-state index contributed by atoms with van der Waals surface area (Å²) in [6, 6.07) is 3.79. The molecular weight excluding hydrogens is 206 g/mol.